The number of halogens is 1. The Morgan fingerprint density at radius 2 is 1.94 bits per heavy atom. The predicted molar refractivity (Wildman–Crippen MR) is 125 cm³/mol. The Balaban J connectivity index is 1.55. The number of likely N-dealkylation sites (tertiary alicyclic amines) is 1. The fourth-order valence-electron chi connectivity index (χ4n) is 4.43. The molecule has 10 heteroatoms. The minimum absolute atomic E-state index is 0.126. The van der Waals surface area contributed by atoms with Crippen molar-refractivity contribution in [2.24, 2.45) is 5.92 Å². The minimum Gasteiger partial charge on any atom is -0.369 e. The van der Waals surface area contributed by atoms with Crippen molar-refractivity contribution in [2.75, 3.05) is 44.2 Å². The zero-order valence-electron chi connectivity index (χ0n) is 18.6. The number of aryl methyl sites for hydroxylation is 1. The number of hydrogen-bond donors (Lipinski definition) is 0. The first-order valence-electron chi connectivity index (χ1n) is 11.2. The SMILES string of the molecule is CCn1cc(C(=O)N2CCC[C@@H](C)C2)c(S(=O)(=O)N2CCN(c3cccc(Cl)c3)CC2)n1. The van der Waals surface area contributed by atoms with Crippen molar-refractivity contribution in [1.82, 2.24) is 19.0 Å². The number of piperazine rings is 1. The van der Waals surface area contributed by atoms with Crippen molar-refractivity contribution in [3.63, 3.8) is 0 Å². The van der Waals surface area contributed by atoms with Gasteiger partial charge in [0.15, 0.2) is 0 Å². The molecule has 0 saturated carbocycles. The molecule has 0 radical (unpaired) electrons. The average molecular weight is 480 g/mol. The first kappa shape index (κ1) is 23.1. The molecule has 1 aromatic heterocycles. The number of carbonyl (C=O) groups excluding carboxylic acids is 1. The Hall–Kier alpha value is -2.10. The van der Waals surface area contributed by atoms with Crippen LogP contribution in [0.1, 0.15) is 37.0 Å². The first-order chi connectivity index (χ1) is 15.3. The molecule has 8 nitrogen and oxygen atoms in total. The minimum atomic E-state index is -3.89. The van der Waals surface area contributed by atoms with Gasteiger partial charge < -0.3 is 9.80 Å². The first-order valence-corrected chi connectivity index (χ1v) is 13.0. The quantitative estimate of drug-likeness (QED) is 0.658. The summed E-state index contributed by atoms with van der Waals surface area (Å²) >= 11 is 6.10. The molecular formula is C22H30ClN5O3S. The van der Waals surface area contributed by atoms with E-state index in [-0.39, 0.29) is 16.5 Å². The Bertz CT molecular complexity index is 1080. The number of hydrogen-bond acceptors (Lipinski definition) is 5. The van der Waals surface area contributed by atoms with E-state index in [0.29, 0.717) is 56.8 Å². The number of aromatic nitrogens is 2. The summed E-state index contributed by atoms with van der Waals surface area (Å²) in [7, 11) is -3.89. The molecule has 0 bridgehead atoms. The zero-order chi connectivity index (χ0) is 22.9. The van der Waals surface area contributed by atoms with Crippen LogP contribution in [0.5, 0.6) is 0 Å². The fraction of sp³-hybridized carbons (Fsp3) is 0.545. The largest absolute Gasteiger partial charge is 0.369 e. The number of rotatable bonds is 5. The maximum absolute atomic E-state index is 13.5. The highest BCUT2D eigenvalue weighted by molar-refractivity contribution is 7.89. The van der Waals surface area contributed by atoms with Gasteiger partial charge in [0.2, 0.25) is 5.03 Å². The molecule has 1 aromatic carbocycles. The third-order valence-corrected chi connectivity index (χ3v) is 8.29. The van der Waals surface area contributed by atoms with Gasteiger partial charge in [-0.15, -0.1) is 0 Å². The number of amides is 1. The van der Waals surface area contributed by atoms with Gasteiger partial charge in [0.25, 0.3) is 15.9 Å². The van der Waals surface area contributed by atoms with Crippen molar-refractivity contribution in [2.45, 2.75) is 38.3 Å². The van der Waals surface area contributed by atoms with Gasteiger partial charge >= 0.3 is 0 Å². The van der Waals surface area contributed by atoms with Crippen LogP contribution in [0.15, 0.2) is 35.5 Å². The Labute approximate surface area is 194 Å². The Morgan fingerprint density at radius 1 is 1.19 bits per heavy atom. The van der Waals surface area contributed by atoms with E-state index in [1.54, 1.807) is 11.1 Å². The number of carbonyl (C=O) groups is 1. The highest BCUT2D eigenvalue weighted by Gasteiger charge is 2.36. The summed E-state index contributed by atoms with van der Waals surface area (Å²) in [6.07, 6.45) is 3.60. The van der Waals surface area contributed by atoms with Gasteiger partial charge in [0, 0.05) is 62.7 Å². The summed E-state index contributed by atoms with van der Waals surface area (Å²) in [5.74, 6) is 0.168. The molecule has 2 aliphatic rings. The predicted octanol–water partition coefficient (Wildman–Crippen LogP) is 2.94. The molecule has 2 aliphatic heterocycles. The molecule has 2 saturated heterocycles. The van der Waals surface area contributed by atoms with Gasteiger partial charge in [-0.05, 0) is 43.9 Å². The van der Waals surface area contributed by atoms with Crippen LogP contribution in [0, 0.1) is 5.92 Å². The van der Waals surface area contributed by atoms with E-state index in [2.05, 4.69) is 16.9 Å². The van der Waals surface area contributed by atoms with E-state index < -0.39 is 10.0 Å². The second kappa shape index (κ2) is 9.41. The lowest BCUT2D eigenvalue weighted by atomic mass is 10.00. The molecular weight excluding hydrogens is 450 g/mol. The van der Waals surface area contributed by atoms with Crippen molar-refractivity contribution < 1.29 is 13.2 Å². The second-order valence-electron chi connectivity index (χ2n) is 8.57. The number of sulfonamides is 1. The van der Waals surface area contributed by atoms with Crippen LogP contribution in [0.25, 0.3) is 0 Å². The van der Waals surface area contributed by atoms with Gasteiger partial charge in [0.05, 0.1) is 5.56 Å². The molecule has 174 valence electrons. The second-order valence-corrected chi connectivity index (χ2v) is 10.9. The van der Waals surface area contributed by atoms with Gasteiger partial charge in [-0.1, -0.05) is 24.6 Å². The topological polar surface area (TPSA) is 78.8 Å². The van der Waals surface area contributed by atoms with Crippen LogP contribution in [0.3, 0.4) is 0 Å². The summed E-state index contributed by atoms with van der Waals surface area (Å²) in [5.41, 5.74) is 1.15. The summed E-state index contributed by atoms with van der Waals surface area (Å²) in [6, 6.07) is 7.55. The molecule has 4 rings (SSSR count). The number of benzene rings is 1. The van der Waals surface area contributed by atoms with E-state index in [0.717, 1.165) is 18.5 Å². The third kappa shape index (κ3) is 4.65. The van der Waals surface area contributed by atoms with Gasteiger partial charge in [-0.3, -0.25) is 9.48 Å². The summed E-state index contributed by atoms with van der Waals surface area (Å²) < 4.78 is 30.0. The van der Waals surface area contributed by atoms with Crippen molar-refractivity contribution in [3.05, 3.63) is 41.0 Å². The van der Waals surface area contributed by atoms with Gasteiger partial charge in [-0.25, -0.2) is 8.42 Å². The van der Waals surface area contributed by atoms with E-state index in [1.807, 2.05) is 31.2 Å². The van der Waals surface area contributed by atoms with Crippen LogP contribution in [0.4, 0.5) is 5.69 Å². The monoisotopic (exact) mass is 479 g/mol. The molecule has 0 aliphatic carbocycles. The fourth-order valence-corrected chi connectivity index (χ4v) is 6.13. The molecule has 0 spiro atoms. The number of nitrogens with zero attached hydrogens (tertiary/aromatic N) is 5. The Morgan fingerprint density at radius 3 is 2.59 bits per heavy atom. The highest BCUT2D eigenvalue weighted by Crippen LogP contribution is 2.26. The van der Waals surface area contributed by atoms with E-state index in [1.165, 1.54) is 8.99 Å². The van der Waals surface area contributed by atoms with Crippen molar-refractivity contribution in [1.29, 1.82) is 0 Å². The lowest BCUT2D eigenvalue weighted by Gasteiger charge is -2.35. The summed E-state index contributed by atoms with van der Waals surface area (Å²) in [4.78, 5) is 17.1. The van der Waals surface area contributed by atoms with Crippen molar-refractivity contribution >= 4 is 33.2 Å². The number of anilines is 1. The zero-order valence-corrected chi connectivity index (χ0v) is 20.1. The molecule has 0 unspecified atom stereocenters. The molecule has 0 N–H and O–H groups in total. The van der Waals surface area contributed by atoms with E-state index in [9.17, 15) is 13.2 Å². The van der Waals surface area contributed by atoms with Crippen LogP contribution in [-0.4, -0.2) is 72.6 Å². The van der Waals surface area contributed by atoms with Gasteiger partial charge in [-0.2, -0.15) is 9.40 Å². The molecule has 2 fully saturated rings. The van der Waals surface area contributed by atoms with Gasteiger partial charge in [0.1, 0.15) is 0 Å². The highest BCUT2D eigenvalue weighted by atomic mass is 35.5. The molecule has 2 aromatic rings. The maximum Gasteiger partial charge on any atom is 0.263 e. The Kier molecular flexibility index (Phi) is 6.78. The van der Waals surface area contributed by atoms with Crippen LogP contribution >= 0.6 is 11.6 Å². The van der Waals surface area contributed by atoms with Crippen LogP contribution in [-0.2, 0) is 16.6 Å². The molecule has 1 amide bonds. The average Bonchev–Trinajstić information content (AvgIpc) is 3.24. The number of piperidine rings is 1. The van der Waals surface area contributed by atoms with E-state index >= 15 is 0 Å². The standard InChI is InChI=1S/C22H30ClN5O3S/c1-3-27-16-20(22(29)26-9-5-6-17(2)15-26)21(24-27)32(30,31)28-12-10-25(11-13-28)19-8-4-7-18(23)14-19/h4,7-8,14,16-17H,3,5-6,9-13,15H2,1-2H3/t17-/m1/s1. The third-order valence-electron chi connectivity index (χ3n) is 6.22. The smallest absolute Gasteiger partial charge is 0.263 e. The van der Waals surface area contributed by atoms with Crippen molar-refractivity contribution in [3.8, 4) is 0 Å². The summed E-state index contributed by atoms with van der Waals surface area (Å²) in [6.45, 7) is 7.52. The maximum atomic E-state index is 13.5. The molecule has 32 heavy (non-hydrogen) atoms. The molecule has 1 atom stereocenters. The molecule has 3 heterocycles. The lowest BCUT2D eigenvalue weighted by Crippen LogP contribution is -2.49. The summed E-state index contributed by atoms with van der Waals surface area (Å²) in [5, 5.41) is 4.83. The van der Waals surface area contributed by atoms with Crippen LogP contribution < -0.4 is 4.90 Å². The van der Waals surface area contributed by atoms with Crippen LogP contribution in [0.2, 0.25) is 5.02 Å². The lowest BCUT2D eigenvalue weighted by molar-refractivity contribution is 0.0679. The van der Waals surface area contributed by atoms with E-state index in [4.69, 9.17) is 11.6 Å². The normalized spacial score (nSPS) is 20.5.